The zero-order chi connectivity index (χ0) is 13.4. The first kappa shape index (κ1) is 15.3. The highest BCUT2D eigenvalue weighted by molar-refractivity contribution is 5.02. The summed E-state index contributed by atoms with van der Waals surface area (Å²) in [5.74, 6) is 0.631. The van der Waals surface area contributed by atoms with Crippen molar-refractivity contribution in [3.8, 4) is 0 Å². The fraction of sp³-hybridized carbons (Fsp3) is 0.733. The van der Waals surface area contributed by atoms with Crippen LogP contribution in [0.2, 0.25) is 0 Å². The molecule has 1 rings (SSSR count). The van der Waals surface area contributed by atoms with E-state index in [1.807, 2.05) is 0 Å². The molecule has 1 unspecified atom stereocenters. The van der Waals surface area contributed by atoms with Crippen molar-refractivity contribution < 1.29 is 9.52 Å². The largest absolute Gasteiger partial charge is 0.467 e. The predicted octanol–water partition coefficient (Wildman–Crippen LogP) is 3.51. The monoisotopic (exact) mass is 253 g/mol. The molecule has 0 amide bonds. The van der Waals surface area contributed by atoms with Crippen LogP contribution in [0, 0.1) is 5.41 Å². The van der Waals surface area contributed by atoms with Crippen LogP contribution in [0.25, 0.3) is 0 Å². The van der Waals surface area contributed by atoms with E-state index in [2.05, 4.69) is 26.1 Å². The van der Waals surface area contributed by atoms with E-state index in [9.17, 15) is 5.11 Å². The van der Waals surface area contributed by atoms with Gasteiger partial charge in [0.1, 0.15) is 11.9 Å². The molecule has 0 aliphatic rings. The van der Waals surface area contributed by atoms with Gasteiger partial charge in [-0.25, -0.2) is 0 Å². The number of rotatable bonds is 9. The molecule has 0 aromatic carbocycles. The summed E-state index contributed by atoms with van der Waals surface area (Å²) in [6, 6.07) is 3.60. The lowest BCUT2D eigenvalue weighted by atomic mass is 9.87. The smallest absolute Gasteiger partial charge is 0.133 e. The number of unbranched alkanes of at least 4 members (excludes halogenated alkanes) is 2. The van der Waals surface area contributed by atoms with Gasteiger partial charge >= 0.3 is 0 Å². The van der Waals surface area contributed by atoms with Crippen LogP contribution in [0.4, 0.5) is 0 Å². The van der Waals surface area contributed by atoms with Gasteiger partial charge in [-0.15, -0.1) is 0 Å². The summed E-state index contributed by atoms with van der Waals surface area (Å²) in [6.07, 6.45) is 6.12. The van der Waals surface area contributed by atoms with Gasteiger partial charge in [-0.1, -0.05) is 40.0 Å². The molecule has 0 saturated heterocycles. The second-order valence-electron chi connectivity index (χ2n) is 5.78. The quantitative estimate of drug-likeness (QED) is 0.662. The molecule has 0 saturated carbocycles. The average molecular weight is 253 g/mol. The molecule has 0 aliphatic carbocycles. The van der Waals surface area contributed by atoms with Crippen LogP contribution in [-0.2, 0) is 0 Å². The van der Waals surface area contributed by atoms with Crippen molar-refractivity contribution in [3.05, 3.63) is 24.2 Å². The Morgan fingerprint density at radius 2 is 2.17 bits per heavy atom. The van der Waals surface area contributed by atoms with Gasteiger partial charge in [0.15, 0.2) is 0 Å². The highest BCUT2D eigenvalue weighted by atomic mass is 16.4. The van der Waals surface area contributed by atoms with E-state index in [-0.39, 0.29) is 5.41 Å². The van der Waals surface area contributed by atoms with Crippen molar-refractivity contribution in [1.29, 1.82) is 0 Å². The maximum atomic E-state index is 9.86. The van der Waals surface area contributed by atoms with E-state index >= 15 is 0 Å². The van der Waals surface area contributed by atoms with Gasteiger partial charge in [0.2, 0.25) is 0 Å². The lowest BCUT2D eigenvalue weighted by Gasteiger charge is -2.25. The van der Waals surface area contributed by atoms with Crippen LogP contribution in [0.15, 0.2) is 22.8 Å². The minimum absolute atomic E-state index is 0.290. The molecule has 1 atom stereocenters. The SMILES string of the molecule is CCCCCC(C)(C)CNCC(O)c1ccco1. The fourth-order valence-electron chi connectivity index (χ4n) is 2.07. The second kappa shape index (κ2) is 7.59. The molecule has 0 spiro atoms. The minimum Gasteiger partial charge on any atom is -0.467 e. The number of hydrogen-bond acceptors (Lipinski definition) is 3. The van der Waals surface area contributed by atoms with E-state index in [0.29, 0.717) is 12.3 Å². The minimum atomic E-state index is -0.550. The third-order valence-electron chi connectivity index (χ3n) is 3.27. The van der Waals surface area contributed by atoms with Gasteiger partial charge in [0.05, 0.1) is 6.26 Å². The predicted molar refractivity (Wildman–Crippen MR) is 74.5 cm³/mol. The number of aliphatic hydroxyl groups is 1. The van der Waals surface area contributed by atoms with E-state index in [0.717, 1.165) is 6.54 Å². The van der Waals surface area contributed by atoms with E-state index < -0.39 is 6.10 Å². The summed E-state index contributed by atoms with van der Waals surface area (Å²) in [6.45, 7) is 8.24. The third kappa shape index (κ3) is 5.69. The molecule has 104 valence electrons. The molecule has 18 heavy (non-hydrogen) atoms. The summed E-state index contributed by atoms with van der Waals surface area (Å²) in [7, 11) is 0. The third-order valence-corrected chi connectivity index (χ3v) is 3.27. The van der Waals surface area contributed by atoms with Crippen LogP contribution in [-0.4, -0.2) is 18.2 Å². The molecular weight excluding hydrogens is 226 g/mol. The summed E-state index contributed by atoms with van der Waals surface area (Å²) in [5, 5.41) is 13.2. The van der Waals surface area contributed by atoms with Gasteiger partial charge in [-0.3, -0.25) is 0 Å². The average Bonchev–Trinajstić information content (AvgIpc) is 2.82. The fourth-order valence-corrected chi connectivity index (χ4v) is 2.07. The van der Waals surface area contributed by atoms with Crippen LogP contribution < -0.4 is 5.32 Å². The van der Waals surface area contributed by atoms with Crippen LogP contribution in [0.3, 0.4) is 0 Å². The van der Waals surface area contributed by atoms with E-state index in [1.165, 1.54) is 25.7 Å². The Labute approximate surface area is 111 Å². The first-order valence-corrected chi connectivity index (χ1v) is 6.97. The molecule has 0 radical (unpaired) electrons. The van der Waals surface area contributed by atoms with Gasteiger partial charge in [-0.2, -0.15) is 0 Å². The van der Waals surface area contributed by atoms with Crippen molar-refractivity contribution in [1.82, 2.24) is 5.32 Å². The highest BCUT2D eigenvalue weighted by Crippen LogP contribution is 2.23. The van der Waals surface area contributed by atoms with Crippen molar-refractivity contribution in [2.24, 2.45) is 5.41 Å². The zero-order valence-corrected chi connectivity index (χ0v) is 11.9. The summed E-state index contributed by atoms with van der Waals surface area (Å²) < 4.78 is 5.17. The van der Waals surface area contributed by atoms with Crippen molar-refractivity contribution >= 4 is 0 Å². The van der Waals surface area contributed by atoms with Gasteiger partial charge in [0.25, 0.3) is 0 Å². The number of furan rings is 1. The molecule has 1 aromatic heterocycles. The molecule has 2 N–H and O–H groups in total. The molecule has 3 heteroatoms. The lowest BCUT2D eigenvalue weighted by Crippen LogP contribution is -2.32. The van der Waals surface area contributed by atoms with Crippen LogP contribution >= 0.6 is 0 Å². The van der Waals surface area contributed by atoms with E-state index in [1.54, 1.807) is 18.4 Å². The maximum Gasteiger partial charge on any atom is 0.133 e. The number of aliphatic hydroxyl groups excluding tert-OH is 1. The highest BCUT2D eigenvalue weighted by Gasteiger charge is 2.18. The van der Waals surface area contributed by atoms with Crippen molar-refractivity contribution in [2.45, 2.75) is 52.6 Å². The topological polar surface area (TPSA) is 45.4 Å². The van der Waals surface area contributed by atoms with Gasteiger partial charge < -0.3 is 14.8 Å². The Bertz CT molecular complexity index is 306. The Kier molecular flexibility index (Phi) is 6.44. The lowest BCUT2D eigenvalue weighted by molar-refractivity contribution is 0.142. The Morgan fingerprint density at radius 1 is 1.39 bits per heavy atom. The Morgan fingerprint density at radius 3 is 2.78 bits per heavy atom. The van der Waals surface area contributed by atoms with Crippen molar-refractivity contribution in [2.75, 3.05) is 13.1 Å². The van der Waals surface area contributed by atoms with Crippen molar-refractivity contribution in [3.63, 3.8) is 0 Å². The van der Waals surface area contributed by atoms with Gasteiger partial charge in [0, 0.05) is 13.1 Å². The van der Waals surface area contributed by atoms with E-state index in [4.69, 9.17) is 4.42 Å². The Balaban J connectivity index is 2.19. The molecular formula is C15H27NO2. The molecule has 0 bridgehead atoms. The molecule has 3 nitrogen and oxygen atoms in total. The second-order valence-corrected chi connectivity index (χ2v) is 5.78. The number of hydrogen-bond donors (Lipinski definition) is 2. The first-order chi connectivity index (χ1) is 8.55. The number of nitrogens with one attached hydrogen (secondary N) is 1. The van der Waals surface area contributed by atoms with Crippen LogP contribution in [0.1, 0.15) is 58.3 Å². The van der Waals surface area contributed by atoms with Crippen LogP contribution in [0.5, 0.6) is 0 Å². The summed E-state index contributed by atoms with van der Waals surface area (Å²) in [5.41, 5.74) is 0.290. The first-order valence-electron chi connectivity index (χ1n) is 6.97. The Hall–Kier alpha value is -0.800. The zero-order valence-electron chi connectivity index (χ0n) is 11.9. The normalized spacial score (nSPS) is 13.8. The van der Waals surface area contributed by atoms with Gasteiger partial charge in [-0.05, 0) is 24.0 Å². The molecule has 1 heterocycles. The summed E-state index contributed by atoms with van der Waals surface area (Å²) >= 11 is 0. The molecule has 0 fully saturated rings. The molecule has 0 aliphatic heterocycles. The summed E-state index contributed by atoms with van der Waals surface area (Å²) in [4.78, 5) is 0. The molecule has 1 aromatic rings. The maximum absolute atomic E-state index is 9.86. The standard InChI is InChI=1S/C15H27NO2/c1-4-5-6-9-15(2,3)12-16-11-13(17)14-8-7-10-18-14/h7-8,10,13,16-17H,4-6,9,11-12H2,1-3H3.